The van der Waals surface area contributed by atoms with Crippen molar-refractivity contribution in [1.29, 1.82) is 0 Å². The summed E-state index contributed by atoms with van der Waals surface area (Å²) in [4.78, 5) is 0. The molecule has 0 fully saturated rings. The summed E-state index contributed by atoms with van der Waals surface area (Å²) in [6, 6.07) is 8.23. The van der Waals surface area contributed by atoms with Gasteiger partial charge in [-0.05, 0) is 39.7 Å². The molecule has 21 heavy (non-hydrogen) atoms. The number of benzene rings is 2. The van der Waals surface area contributed by atoms with Gasteiger partial charge in [-0.1, -0.05) is 23.7 Å². The Balaban J connectivity index is 2.25. The normalized spacial score (nSPS) is 10.5. The van der Waals surface area contributed by atoms with Crippen molar-refractivity contribution in [2.45, 2.75) is 12.5 Å². The number of rotatable bonds is 5. The van der Waals surface area contributed by atoms with E-state index in [1.54, 1.807) is 24.3 Å². The Morgan fingerprint density at radius 2 is 2.05 bits per heavy atom. The molecule has 0 saturated carbocycles. The van der Waals surface area contributed by atoms with E-state index in [2.05, 4.69) is 15.9 Å². The predicted molar refractivity (Wildman–Crippen MR) is 86.0 cm³/mol. The molecule has 2 rings (SSSR count). The van der Waals surface area contributed by atoms with Crippen molar-refractivity contribution in [2.24, 2.45) is 0 Å². The lowest BCUT2D eigenvalue weighted by molar-refractivity contribution is 0.283. The smallest absolute Gasteiger partial charge is 0.180 e. The molecule has 2 aromatic carbocycles. The van der Waals surface area contributed by atoms with Crippen LogP contribution in [0, 0.1) is 5.82 Å². The lowest BCUT2D eigenvalue weighted by Gasteiger charge is -2.14. The molecular formula is C15H12BrCl2FO2. The van der Waals surface area contributed by atoms with Crippen molar-refractivity contribution >= 4 is 39.1 Å². The fourth-order valence-electron chi connectivity index (χ4n) is 1.80. The zero-order valence-corrected chi connectivity index (χ0v) is 14.2. The van der Waals surface area contributed by atoms with Crippen molar-refractivity contribution in [3.8, 4) is 11.5 Å². The van der Waals surface area contributed by atoms with Gasteiger partial charge in [0.15, 0.2) is 11.5 Å². The largest absolute Gasteiger partial charge is 0.493 e. The van der Waals surface area contributed by atoms with Gasteiger partial charge in [-0.15, -0.1) is 11.6 Å². The van der Waals surface area contributed by atoms with Crippen LogP contribution in [0.4, 0.5) is 4.39 Å². The van der Waals surface area contributed by atoms with E-state index in [1.807, 2.05) is 0 Å². The van der Waals surface area contributed by atoms with Gasteiger partial charge in [0.05, 0.1) is 16.6 Å². The Labute approximate surface area is 140 Å². The summed E-state index contributed by atoms with van der Waals surface area (Å²) in [5, 5.41) is 0.400. The summed E-state index contributed by atoms with van der Waals surface area (Å²) in [7, 11) is 1.52. The second-order valence-corrected chi connectivity index (χ2v) is 5.71. The van der Waals surface area contributed by atoms with Crippen molar-refractivity contribution in [3.63, 3.8) is 0 Å². The molecule has 0 bridgehead atoms. The molecular weight excluding hydrogens is 382 g/mol. The van der Waals surface area contributed by atoms with E-state index in [0.29, 0.717) is 32.4 Å². The first-order chi connectivity index (χ1) is 10.1. The maximum absolute atomic E-state index is 13.5. The molecule has 0 spiro atoms. The van der Waals surface area contributed by atoms with Gasteiger partial charge in [-0.2, -0.15) is 0 Å². The third kappa shape index (κ3) is 3.82. The third-order valence-corrected chi connectivity index (χ3v) is 4.32. The number of hydrogen-bond donors (Lipinski definition) is 0. The maximum atomic E-state index is 13.5. The zero-order valence-electron chi connectivity index (χ0n) is 11.1. The van der Waals surface area contributed by atoms with Gasteiger partial charge in [0.25, 0.3) is 0 Å². The second kappa shape index (κ2) is 7.34. The molecule has 0 aromatic heterocycles. The molecule has 0 unspecified atom stereocenters. The minimum atomic E-state index is -0.341. The number of ether oxygens (including phenoxy) is 2. The Morgan fingerprint density at radius 1 is 1.29 bits per heavy atom. The quantitative estimate of drug-likeness (QED) is 0.618. The van der Waals surface area contributed by atoms with Gasteiger partial charge in [0, 0.05) is 11.4 Å². The summed E-state index contributed by atoms with van der Waals surface area (Å²) in [5.41, 5.74) is 1.51. The molecule has 6 heteroatoms. The van der Waals surface area contributed by atoms with Gasteiger partial charge in [0.2, 0.25) is 0 Å². The molecule has 0 saturated heterocycles. The van der Waals surface area contributed by atoms with Crippen LogP contribution in [0.25, 0.3) is 0 Å². The molecule has 112 valence electrons. The molecule has 0 amide bonds. The van der Waals surface area contributed by atoms with Crippen LogP contribution in [0.2, 0.25) is 5.02 Å². The highest BCUT2D eigenvalue weighted by molar-refractivity contribution is 9.10. The Bertz CT molecular complexity index is 650. The first-order valence-corrected chi connectivity index (χ1v) is 7.75. The topological polar surface area (TPSA) is 18.5 Å². The van der Waals surface area contributed by atoms with E-state index >= 15 is 0 Å². The molecule has 0 N–H and O–H groups in total. The second-order valence-electron chi connectivity index (χ2n) is 4.24. The molecule has 0 atom stereocenters. The third-order valence-electron chi connectivity index (χ3n) is 2.85. The van der Waals surface area contributed by atoms with Crippen LogP contribution in [-0.4, -0.2) is 7.11 Å². The fraction of sp³-hybridized carbons (Fsp3) is 0.200. The van der Waals surface area contributed by atoms with Crippen LogP contribution in [0.1, 0.15) is 11.1 Å². The van der Waals surface area contributed by atoms with Crippen molar-refractivity contribution < 1.29 is 13.9 Å². The van der Waals surface area contributed by atoms with E-state index in [-0.39, 0.29) is 12.4 Å². The standard InChI is InChI=1S/C15H12BrCl2FO2/c1-20-13-6-9(7-17)5-11(18)15(13)21-8-10-3-2-4-12(19)14(10)16/h2-6H,7-8H2,1H3. The van der Waals surface area contributed by atoms with Gasteiger partial charge in [-0.3, -0.25) is 0 Å². The lowest BCUT2D eigenvalue weighted by atomic mass is 10.2. The van der Waals surface area contributed by atoms with E-state index in [0.717, 1.165) is 5.56 Å². The van der Waals surface area contributed by atoms with E-state index < -0.39 is 0 Å². The van der Waals surface area contributed by atoms with Gasteiger partial charge in [-0.25, -0.2) is 4.39 Å². The van der Waals surface area contributed by atoms with Gasteiger partial charge >= 0.3 is 0 Å². The number of methoxy groups -OCH3 is 1. The van der Waals surface area contributed by atoms with Crippen LogP contribution >= 0.6 is 39.1 Å². The molecule has 2 nitrogen and oxygen atoms in total. The first-order valence-electron chi connectivity index (χ1n) is 6.05. The molecule has 0 heterocycles. The van der Waals surface area contributed by atoms with Crippen molar-refractivity contribution in [2.75, 3.05) is 7.11 Å². The fourth-order valence-corrected chi connectivity index (χ4v) is 2.62. The molecule has 0 radical (unpaired) electrons. The average molecular weight is 394 g/mol. The summed E-state index contributed by atoms with van der Waals surface area (Å²) in [6.45, 7) is 0.161. The number of hydrogen-bond acceptors (Lipinski definition) is 2. The van der Waals surface area contributed by atoms with Gasteiger partial charge in [0.1, 0.15) is 12.4 Å². The van der Waals surface area contributed by atoms with E-state index in [9.17, 15) is 4.39 Å². The molecule has 0 aliphatic rings. The predicted octanol–water partition coefficient (Wildman–Crippen LogP) is 5.57. The average Bonchev–Trinajstić information content (AvgIpc) is 2.49. The van der Waals surface area contributed by atoms with Crippen LogP contribution in [0.5, 0.6) is 11.5 Å². The summed E-state index contributed by atoms with van der Waals surface area (Å²) in [5.74, 6) is 0.882. The number of halogens is 4. The van der Waals surface area contributed by atoms with Crippen LogP contribution in [0.15, 0.2) is 34.8 Å². The van der Waals surface area contributed by atoms with Gasteiger partial charge < -0.3 is 9.47 Å². The molecule has 0 aliphatic heterocycles. The Hall–Kier alpha value is -0.970. The maximum Gasteiger partial charge on any atom is 0.180 e. The first kappa shape index (κ1) is 16.4. The highest BCUT2D eigenvalue weighted by Gasteiger charge is 2.13. The molecule has 2 aromatic rings. The zero-order chi connectivity index (χ0) is 15.4. The Morgan fingerprint density at radius 3 is 2.71 bits per heavy atom. The van der Waals surface area contributed by atoms with Crippen LogP contribution in [-0.2, 0) is 12.5 Å². The van der Waals surface area contributed by atoms with Crippen molar-refractivity contribution in [3.05, 3.63) is 56.8 Å². The minimum Gasteiger partial charge on any atom is -0.493 e. The minimum absolute atomic E-state index is 0.161. The highest BCUT2D eigenvalue weighted by atomic mass is 79.9. The number of alkyl halides is 1. The summed E-state index contributed by atoms with van der Waals surface area (Å²) >= 11 is 15.2. The summed E-state index contributed by atoms with van der Waals surface area (Å²) in [6.07, 6.45) is 0. The lowest BCUT2D eigenvalue weighted by Crippen LogP contribution is -2.00. The molecule has 0 aliphatic carbocycles. The van der Waals surface area contributed by atoms with E-state index in [4.69, 9.17) is 32.7 Å². The monoisotopic (exact) mass is 392 g/mol. The SMILES string of the molecule is COc1cc(CCl)cc(Cl)c1OCc1cccc(F)c1Br. The Kier molecular flexibility index (Phi) is 5.73. The van der Waals surface area contributed by atoms with Crippen molar-refractivity contribution in [1.82, 2.24) is 0 Å². The summed E-state index contributed by atoms with van der Waals surface area (Å²) < 4.78 is 24.8. The van der Waals surface area contributed by atoms with Crippen LogP contribution in [0.3, 0.4) is 0 Å². The van der Waals surface area contributed by atoms with E-state index in [1.165, 1.54) is 13.2 Å². The highest BCUT2D eigenvalue weighted by Crippen LogP contribution is 2.37. The van der Waals surface area contributed by atoms with Crippen LogP contribution < -0.4 is 9.47 Å².